The highest BCUT2D eigenvalue weighted by Gasteiger charge is 2.24. The van der Waals surface area contributed by atoms with Gasteiger partial charge in [-0.3, -0.25) is 9.79 Å². The van der Waals surface area contributed by atoms with Gasteiger partial charge in [0.05, 0.1) is 12.1 Å². The fraction of sp³-hybridized carbons (Fsp3) is 0.824. The standard InChI is InChI=1S/C17H35N5O3/c1-9-18-14(19-11-10-13(23)22(7)8)20-12-17(5,6)21-15(24)25-16(2,3)4/h9-12H2,1-8H3,(H,21,24)(H2,18,19,20). The maximum atomic E-state index is 11.9. The molecule has 0 aliphatic rings. The lowest BCUT2D eigenvalue weighted by molar-refractivity contribution is -0.128. The van der Waals surface area contributed by atoms with Gasteiger partial charge in [0, 0.05) is 33.6 Å². The van der Waals surface area contributed by atoms with Gasteiger partial charge < -0.3 is 25.6 Å². The Labute approximate surface area is 151 Å². The first-order valence-corrected chi connectivity index (χ1v) is 8.60. The van der Waals surface area contributed by atoms with E-state index in [0.717, 1.165) is 0 Å². The predicted molar refractivity (Wildman–Crippen MR) is 101 cm³/mol. The maximum Gasteiger partial charge on any atom is 0.408 e. The van der Waals surface area contributed by atoms with Gasteiger partial charge in [-0.2, -0.15) is 0 Å². The first kappa shape index (κ1) is 23.0. The van der Waals surface area contributed by atoms with Gasteiger partial charge in [-0.25, -0.2) is 4.79 Å². The zero-order valence-electron chi connectivity index (χ0n) is 16.9. The number of guanidine groups is 1. The molecule has 2 amide bonds. The van der Waals surface area contributed by atoms with Crippen LogP contribution in [0.4, 0.5) is 4.79 Å². The summed E-state index contributed by atoms with van der Waals surface area (Å²) in [4.78, 5) is 29.5. The molecule has 8 heteroatoms. The number of hydrogen-bond acceptors (Lipinski definition) is 4. The minimum absolute atomic E-state index is 0.0512. The van der Waals surface area contributed by atoms with E-state index in [1.165, 1.54) is 0 Å². The summed E-state index contributed by atoms with van der Waals surface area (Å²) in [7, 11) is 3.46. The molecule has 0 fully saturated rings. The molecule has 0 saturated heterocycles. The molecule has 25 heavy (non-hydrogen) atoms. The number of ether oxygens (including phenoxy) is 1. The van der Waals surface area contributed by atoms with Gasteiger partial charge in [0.1, 0.15) is 5.60 Å². The van der Waals surface area contributed by atoms with Crippen LogP contribution in [-0.2, 0) is 9.53 Å². The second kappa shape index (κ2) is 10.1. The van der Waals surface area contributed by atoms with Crippen LogP contribution in [0, 0.1) is 0 Å². The van der Waals surface area contributed by atoms with E-state index in [2.05, 4.69) is 20.9 Å². The average Bonchev–Trinajstić information content (AvgIpc) is 2.41. The number of carbonyl (C=O) groups excluding carboxylic acids is 2. The summed E-state index contributed by atoms with van der Waals surface area (Å²) < 4.78 is 5.27. The molecule has 0 unspecified atom stereocenters. The van der Waals surface area contributed by atoms with Crippen LogP contribution < -0.4 is 16.0 Å². The molecule has 0 saturated carbocycles. The van der Waals surface area contributed by atoms with Gasteiger partial charge in [0.15, 0.2) is 5.96 Å². The van der Waals surface area contributed by atoms with Crippen molar-refractivity contribution in [3.63, 3.8) is 0 Å². The lowest BCUT2D eigenvalue weighted by Crippen LogP contribution is -2.49. The Morgan fingerprint density at radius 2 is 1.68 bits per heavy atom. The van der Waals surface area contributed by atoms with Crippen molar-refractivity contribution in [1.82, 2.24) is 20.9 Å². The number of aliphatic imine (C=N–C) groups is 1. The van der Waals surface area contributed by atoms with E-state index in [4.69, 9.17) is 4.74 Å². The monoisotopic (exact) mass is 357 g/mol. The normalized spacial score (nSPS) is 12.4. The molecule has 8 nitrogen and oxygen atoms in total. The maximum absolute atomic E-state index is 11.9. The minimum atomic E-state index is -0.565. The summed E-state index contributed by atoms with van der Waals surface area (Å²) in [5, 5.41) is 9.05. The zero-order chi connectivity index (χ0) is 19.7. The molecule has 0 rings (SSSR count). The van der Waals surface area contributed by atoms with Crippen LogP contribution in [0.2, 0.25) is 0 Å². The van der Waals surface area contributed by atoms with Crippen LogP contribution >= 0.6 is 0 Å². The fourth-order valence-electron chi connectivity index (χ4n) is 1.75. The molecule has 0 aromatic carbocycles. The van der Waals surface area contributed by atoms with Crippen molar-refractivity contribution in [3.05, 3.63) is 0 Å². The fourth-order valence-corrected chi connectivity index (χ4v) is 1.75. The number of hydrogen-bond donors (Lipinski definition) is 3. The number of amides is 2. The lowest BCUT2D eigenvalue weighted by atomic mass is 10.1. The van der Waals surface area contributed by atoms with Crippen LogP contribution in [0.5, 0.6) is 0 Å². The van der Waals surface area contributed by atoms with Crippen molar-refractivity contribution in [1.29, 1.82) is 0 Å². The Balaban J connectivity index is 4.60. The van der Waals surface area contributed by atoms with Crippen LogP contribution in [-0.4, -0.2) is 67.7 Å². The van der Waals surface area contributed by atoms with Crippen molar-refractivity contribution in [2.24, 2.45) is 4.99 Å². The minimum Gasteiger partial charge on any atom is -0.444 e. The van der Waals surface area contributed by atoms with Crippen molar-refractivity contribution in [3.8, 4) is 0 Å². The van der Waals surface area contributed by atoms with Gasteiger partial charge in [0.25, 0.3) is 0 Å². The molecule has 146 valence electrons. The summed E-state index contributed by atoms with van der Waals surface area (Å²) in [6, 6.07) is 0. The van der Waals surface area contributed by atoms with Crippen LogP contribution in [0.3, 0.4) is 0 Å². The quantitative estimate of drug-likeness (QED) is 0.472. The Bertz CT molecular complexity index is 467. The first-order valence-electron chi connectivity index (χ1n) is 8.60. The molecule has 0 radical (unpaired) electrons. The summed E-state index contributed by atoms with van der Waals surface area (Å²) in [5.74, 6) is 0.656. The second-order valence-corrected chi connectivity index (χ2v) is 7.67. The molecule has 0 heterocycles. The Morgan fingerprint density at radius 1 is 1.08 bits per heavy atom. The van der Waals surface area contributed by atoms with Crippen molar-refractivity contribution < 1.29 is 14.3 Å². The summed E-state index contributed by atoms with van der Waals surface area (Å²) in [5.41, 5.74) is -1.11. The summed E-state index contributed by atoms with van der Waals surface area (Å²) in [6.45, 7) is 12.7. The largest absolute Gasteiger partial charge is 0.444 e. The van der Waals surface area contributed by atoms with E-state index in [9.17, 15) is 9.59 Å². The number of rotatable bonds is 7. The van der Waals surface area contributed by atoms with Crippen LogP contribution in [0.1, 0.15) is 48.0 Å². The van der Waals surface area contributed by atoms with Gasteiger partial charge in [-0.1, -0.05) is 0 Å². The third kappa shape index (κ3) is 12.1. The molecule has 0 atom stereocenters. The molecule has 0 aromatic rings. The smallest absolute Gasteiger partial charge is 0.408 e. The Morgan fingerprint density at radius 3 is 2.16 bits per heavy atom. The molecule has 3 N–H and O–H groups in total. The first-order chi connectivity index (χ1) is 11.4. The highest BCUT2D eigenvalue weighted by Crippen LogP contribution is 2.09. The van der Waals surface area contributed by atoms with Crippen molar-refractivity contribution >= 4 is 18.0 Å². The predicted octanol–water partition coefficient (Wildman–Crippen LogP) is 1.32. The van der Waals surface area contributed by atoms with Gasteiger partial charge in [-0.05, 0) is 41.5 Å². The van der Waals surface area contributed by atoms with Crippen molar-refractivity contribution in [2.75, 3.05) is 33.7 Å². The van der Waals surface area contributed by atoms with E-state index in [-0.39, 0.29) is 5.91 Å². The molecule has 0 aliphatic heterocycles. The van der Waals surface area contributed by atoms with Crippen molar-refractivity contribution in [2.45, 2.75) is 59.1 Å². The number of nitrogens with one attached hydrogen (secondary N) is 3. The Kier molecular flexibility index (Phi) is 9.30. The van der Waals surface area contributed by atoms with Crippen LogP contribution in [0.25, 0.3) is 0 Å². The second-order valence-electron chi connectivity index (χ2n) is 7.67. The number of alkyl carbamates (subject to hydrolysis) is 1. The van der Waals surface area contributed by atoms with Gasteiger partial charge in [-0.15, -0.1) is 0 Å². The highest BCUT2D eigenvalue weighted by molar-refractivity contribution is 5.81. The summed E-state index contributed by atoms with van der Waals surface area (Å²) >= 11 is 0. The molecular weight excluding hydrogens is 322 g/mol. The molecule has 0 bridgehead atoms. The lowest BCUT2D eigenvalue weighted by Gasteiger charge is -2.27. The van der Waals surface area contributed by atoms with E-state index >= 15 is 0 Å². The molecule has 0 spiro atoms. The van der Waals surface area contributed by atoms with E-state index in [1.54, 1.807) is 19.0 Å². The topological polar surface area (TPSA) is 95.1 Å². The van der Waals surface area contributed by atoms with E-state index in [0.29, 0.717) is 32.0 Å². The molecule has 0 aromatic heterocycles. The summed E-state index contributed by atoms with van der Waals surface area (Å²) in [6.07, 6.45) is -0.0843. The van der Waals surface area contributed by atoms with Gasteiger partial charge >= 0.3 is 6.09 Å². The van der Waals surface area contributed by atoms with Crippen LogP contribution in [0.15, 0.2) is 4.99 Å². The van der Waals surface area contributed by atoms with E-state index < -0.39 is 17.2 Å². The van der Waals surface area contributed by atoms with Gasteiger partial charge in [0.2, 0.25) is 5.91 Å². The number of carbonyl (C=O) groups is 2. The SMILES string of the molecule is CCNC(=NCC(C)(C)NC(=O)OC(C)(C)C)NCCC(=O)N(C)C. The Hall–Kier alpha value is -1.99. The highest BCUT2D eigenvalue weighted by atomic mass is 16.6. The number of nitrogens with zero attached hydrogens (tertiary/aromatic N) is 2. The average molecular weight is 357 g/mol. The zero-order valence-corrected chi connectivity index (χ0v) is 16.9. The van der Waals surface area contributed by atoms with E-state index in [1.807, 2.05) is 41.5 Å². The third-order valence-electron chi connectivity index (χ3n) is 2.95. The molecular formula is C17H35N5O3. The molecule has 0 aliphatic carbocycles. The third-order valence-corrected chi connectivity index (χ3v) is 2.95.